The van der Waals surface area contributed by atoms with Gasteiger partial charge in [0, 0.05) is 41.5 Å². The number of benzene rings is 3. The molecule has 3 heterocycles. The van der Waals surface area contributed by atoms with Crippen molar-refractivity contribution in [1.82, 2.24) is 0 Å². The van der Waals surface area contributed by atoms with Crippen molar-refractivity contribution in [1.29, 1.82) is 0 Å². The Hall–Kier alpha value is -5.31. The predicted octanol–water partition coefficient (Wildman–Crippen LogP) is 6.58. The zero-order chi connectivity index (χ0) is 31.4. The highest BCUT2D eigenvalue weighted by Crippen LogP contribution is 2.37. The minimum atomic E-state index is -0.820. The Morgan fingerprint density at radius 1 is 0.909 bits per heavy atom. The number of aromatic hydroxyl groups is 1. The maximum absolute atomic E-state index is 12.4. The third-order valence-electron chi connectivity index (χ3n) is 7.05. The van der Waals surface area contributed by atoms with Gasteiger partial charge in [-0.25, -0.2) is 14.4 Å². The molecule has 0 fully saturated rings. The molecule has 0 saturated carbocycles. The Kier molecular flexibility index (Phi) is 8.57. The molecule has 9 nitrogen and oxygen atoms in total. The molecule has 0 radical (unpaired) electrons. The van der Waals surface area contributed by atoms with E-state index in [1.165, 1.54) is 24.3 Å². The molecule has 1 aliphatic heterocycles. The van der Waals surface area contributed by atoms with Gasteiger partial charge < -0.3 is 28.2 Å². The summed E-state index contributed by atoms with van der Waals surface area (Å²) in [7, 11) is 0. The van der Waals surface area contributed by atoms with Crippen molar-refractivity contribution in [2.24, 2.45) is 0 Å². The third-order valence-corrected chi connectivity index (χ3v) is 7.05. The first kappa shape index (κ1) is 30.2. The second-order valence-corrected chi connectivity index (χ2v) is 11.1. The van der Waals surface area contributed by atoms with Crippen molar-refractivity contribution in [3.63, 3.8) is 0 Å². The van der Waals surface area contributed by atoms with E-state index in [4.69, 9.17) is 23.0 Å². The number of rotatable bonds is 6. The minimum absolute atomic E-state index is 0.0264. The largest absolute Gasteiger partial charge is 0.504 e. The normalized spacial score (nSPS) is 13.8. The molecular formula is C35H32O9. The molecule has 226 valence electrons. The highest BCUT2D eigenvalue weighted by Gasteiger charge is 2.40. The first-order valence-electron chi connectivity index (χ1n) is 14.0. The number of esters is 1. The molecule has 0 saturated heterocycles. The quantitative estimate of drug-likeness (QED) is 0.131. The second-order valence-electron chi connectivity index (χ2n) is 11.1. The van der Waals surface area contributed by atoms with E-state index in [1.807, 2.05) is 45.9 Å². The Labute approximate surface area is 252 Å². The van der Waals surface area contributed by atoms with Gasteiger partial charge in [-0.05, 0) is 75.7 Å². The van der Waals surface area contributed by atoms with Crippen LogP contribution in [-0.4, -0.2) is 29.4 Å². The summed E-state index contributed by atoms with van der Waals surface area (Å²) in [6.45, 7) is 7.96. The van der Waals surface area contributed by atoms with E-state index in [2.05, 4.69) is 0 Å². The van der Waals surface area contributed by atoms with E-state index < -0.39 is 16.9 Å². The first-order valence-corrected chi connectivity index (χ1v) is 14.0. The van der Waals surface area contributed by atoms with Crippen LogP contribution in [0.5, 0.6) is 17.2 Å². The fourth-order valence-electron chi connectivity index (χ4n) is 4.63. The molecule has 1 unspecified atom stereocenters. The highest BCUT2D eigenvalue weighted by atomic mass is 16.6. The van der Waals surface area contributed by atoms with Crippen LogP contribution in [0, 0.1) is 0 Å². The molecule has 9 heteroatoms. The maximum atomic E-state index is 12.4. The lowest BCUT2D eigenvalue weighted by molar-refractivity contribution is -0.0517. The number of allylic oxidation sites excluding steroid dienone is 1. The molecule has 5 aromatic rings. The lowest BCUT2D eigenvalue weighted by Gasteiger charge is -2.30. The van der Waals surface area contributed by atoms with E-state index in [-0.39, 0.29) is 17.8 Å². The van der Waals surface area contributed by atoms with Crippen molar-refractivity contribution in [3.05, 3.63) is 122 Å². The van der Waals surface area contributed by atoms with Crippen molar-refractivity contribution >= 4 is 27.9 Å². The van der Waals surface area contributed by atoms with Crippen LogP contribution in [-0.2, 0) is 11.2 Å². The van der Waals surface area contributed by atoms with E-state index >= 15 is 0 Å². The molecule has 44 heavy (non-hydrogen) atoms. The number of hydrogen-bond donors (Lipinski definition) is 1. The van der Waals surface area contributed by atoms with Gasteiger partial charge in [-0.3, -0.25) is 0 Å². The van der Waals surface area contributed by atoms with Crippen LogP contribution in [0.3, 0.4) is 0 Å². The number of phenolic OH excluding ortho intramolecular Hbond substituents is 1. The van der Waals surface area contributed by atoms with Crippen molar-refractivity contribution in [2.75, 3.05) is 6.61 Å². The van der Waals surface area contributed by atoms with Gasteiger partial charge in [0.2, 0.25) is 0 Å². The number of carbonyl (C=O) groups excluding carboxylic acids is 1. The summed E-state index contributed by atoms with van der Waals surface area (Å²) in [6, 6.07) is 21.6. The van der Waals surface area contributed by atoms with E-state index in [1.54, 1.807) is 42.5 Å². The van der Waals surface area contributed by atoms with E-state index in [0.29, 0.717) is 46.6 Å². The Bertz CT molecular complexity index is 1960. The minimum Gasteiger partial charge on any atom is -0.504 e. The Balaban J connectivity index is 0.000000187. The lowest BCUT2D eigenvalue weighted by atomic mass is 9.96. The standard InChI is InChI=1S/C21H18O5.C14H14O4/c1-21(2,26-20(23)13-6-4-3-5-7-13)18-11-15-10-14-8-9-19(22)25-16(14)12-17(15)24-18;1-9(2)5-6-17-13-8-12-10(7-11(13)15)3-4-14(16)18-12/h3-10,12,18H,11H2,1-2H3;3-5,7-8,15H,6H2,1-2H3. The molecule has 2 aromatic heterocycles. The molecule has 1 aliphatic rings. The zero-order valence-corrected chi connectivity index (χ0v) is 24.8. The van der Waals surface area contributed by atoms with Gasteiger partial charge in [-0.1, -0.05) is 23.8 Å². The first-order chi connectivity index (χ1) is 21.0. The Morgan fingerprint density at radius 2 is 1.55 bits per heavy atom. The van der Waals surface area contributed by atoms with Gasteiger partial charge in [0.1, 0.15) is 35.2 Å². The SMILES string of the molecule is CC(C)(OC(=O)c1ccccc1)C1Cc2cc3ccc(=O)oc3cc2O1.CC(C)=CCOc1cc2oc(=O)ccc2cc1O. The summed E-state index contributed by atoms with van der Waals surface area (Å²) >= 11 is 0. The molecule has 0 aliphatic carbocycles. The average molecular weight is 597 g/mol. The van der Waals surface area contributed by atoms with Gasteiger partial charge in [0.05, 0.1) is 5.56 Å². The average Bonchev–Trinajstić information content (AvgIpc) is 3.41. The number of carbonyl (C=O) groups is 1. The summed E-state index contributed by atoms with van der Waals surface area (Å²) in [5.41, 5.74) is 1.86. The number of phenols is 1. The maximum Gasteiger partial charge on any atom is 0.338 e. The van der Waals surface area contributed by atoms with Crippen LogP contribution in [0.4, 0.5) is 0 Å². The summed E-state index contributed by atoms with van der Waals surface area (Å²) in [5.74, 6) is 0.597. The summed E-state index contributed by atoms with van der Waals surface area (Å²) in [6.07, 6.45) is 2.18. The van der Waals surface area contributed by atoms with Gasteiger partial charge in [0.25, 0.3) is 0 Å². The molecular weight excluding hydrogens is 564 g/mol. The summed E-state index contributed by atoms with van der Waals surface area (Å²) in [5, 5.41) is 11.3. The van der Waals surface area contributed by atoms with Gasteiger partial charge in [0.15, 0.2) is 11.5 Å². The van der Waals surface area contributed by atoms with Crippen LogP contribution in [0.2, 0.25) is 0 Å². The van der Waals surface area contributed by atoms with Gasteiger partial charge in [-0.15, -0.1) is 0 Å². The van der Waals surface area contributed by atoms with Gasteiger partial charge in [-0.2, -0.15) is 0 Å². The molecule has 0 spiro atoms. The van der Waals surface area contributed by atoms with Crippen LogP contribution in [0.15, 0.2) is 109 Å². The molecule has 0 bridgehead atoms. The van der Waals surface area contributed by atoms with Crippen LogP contribution >= 0.6 is 0 Å². The zero-order valence-electron chi connectivity index (χ0n) is 24.8. The molecule has 6 rings (SSSR count). The molecule has 1 N–H and O–H groups in total. The van der Waals surface area contributed by atoms with Crippen LogP contribution < -0.4 is 20.7 Å². The third kappa shape index (κ3) is 7.00. The fourth-order valence-corrected chi connectivity index (χ4v) is 4.63. The second kappa shape index (κ2) is 12.5. The van der Waals surface area contributed by atoms with Crippen molar-refractivity contribution < 1.29 is 32.9 Å². The fraction of sp³-hybridized carbons (Fsp3) is 0.229. The predicted molar refractivity (Wildman–Crippen MR) is 166 cm³/mol. The number of hydrogen-bond acceptors (Lipinski definition) is 9. The summed E-state index contributed by atoms with van der Waals surface area (Å²) < 4.78 is 27.4. The smallest absolute Gasteiger partial charge is 0.338 e. The number of fused-ring (bicyclic) bond motifs is 3. The van der Waals surface area contributed by atoms with Gasteiger partial charge >= 0.3 is 17.2 Å². The molecule has 1 atom stereocenters. The summed E-state index contributed by atoms with van der Waals surface area (Å²) in [4.78, 5) is 34.9. The lowest BCUT2D eigenvalue weighted by Crippen LogP contribution is -2.43. The van der Waals surface area contributed by atoms with E-state index in [0.717, 1.165) is 16.5 Å². The monoisotopic (exact) mass is 596 g/mol. The topological polar surface area (TPSA) is 125 Å². The molecule has 0 amide bonds. The number of ether oxygens (including phenoxy) is 3. The highest BCUT2D eigenvalue weighted by molar-refractivity contribution is 5.89. The van der Waals surface area contributed by atoms with Crippen LogP contribution in [0.1, 0.15) is 43.6 Å². The Morgan fingerprint density at radius 3 is 2.20 bits per heavy atom. The molecule has 3 aromatic carbocycles. The van der Waals surface area contributed by atoms with Crippen molar-refractivity contribution in [3.8, 4) is 17.2 Å². The van der Waals surface area contributed by atoms with Crippen LogP contribution in [0.25, 0.3) is 21.9 Å². The van der Waals surface area contributed by atoms with E-state index in [9.17, 15) is 19.5 Å². The van der Waals surface area contributed by atoms with Crippen molar-refractivity contribution in [2.45, 2.75) is 45.8 Å².